The number of rotatable bonds is 7. The molecule has 0 bridgehead atoms. The zero-order valence-corrected chi connectivity index (χ0v) is 18.1. The molecule has 2 unspecified atom stereocenters. The lowest BCUT2D eigenvalue weighted by molar-refractivity contribution is -0.139. The monoisotopic (exact) mass is 420 g/mol. The standard InChI is InChI=1S/C21H28N2O3S2/c1-3-17(2)23(15-18-9-5-4-6-10-18)21(24)19-11-7-13-22(16-19)28(25,26)20-12-8-14-27-20/h4-6,8-10,12,14,17,19H,3,7,11,13,15-16H2,1-2H3. The number of nitrogens with zero attached hydrogens (tertiary/aromatic N) is 2. The summed E-state index contributed by atoms with van der Waals surface area (Å²) in [5.74, 6) is -0.231. The van der Waals surface area contributed by atoms with Gasteiger partial charge in [0, 0.05) is 25.7 Å². The van der Waals surface area contributed by atoms with Crippen LogP contribution in [0.1, 0.15) is 38.7 Å². The van der Waals surface area contributed by atoms with E-state index in [0.29, 0.717) is 23.7 Å². The maximum atomic E-state index is 13.4. The van der Waals surface area contributed by atoms with E-state index in [9.17, 15) is 13.2 Å². The molecule has 152 valence electrons. The molecule has 0 saturated carbocycles. The van der Waals surface area contributed by atoms with Crippen LogP contribution in [-0.2, 0) is 21.4 Å². The zero-order chi connectivity index (χ0) is 20.1. The first-order chi connectivity index (χ1) is 13.4. The largest absolute Gasteiger partial charge is 0.335 e. The molecule has 0 aliphatic carbocycles. The van der Waals surface area contributed by atoms with Crippen LogP contribution in [0.5, 0.6) is 0 Å². The molecule has 1 aliphatic heterocycles. The van der Waals surface area contributed by atoms with Crippen LogP contribution in [-0.4, -0.2) is 42.7 Å². The summed E-state index contributed by atoms with van der Waals surface area (Å²) in [6.07, 6.45) is 2.31. The van der Waals surface area contributed by atoms with Crippen LogP contribution < -0.4 is 0 Å². The van der Waals surface area contributed by atoms with Gasteiger partial charge in [-0.15, -0.1) is 11.3 Å². The van der Waals surface area contributed by atoms with E-state index >= 15 is 0 Å². The van der Waals surface area contributed by atoms with Crippen molar-refractivity contribution in [1.29, 1.82) is 0 Å². The summed E-state index contributed by atoms with van der Waals surface area (Å²) in [5, 5.41) is 1.77. The number of carbonyl (C=O) groups is 1. The molecular weight excluding hydrogens is 392 g/mol. The first kappa shape index (κ1) is 21.0. The Hall–Kier alpha value is -1.70. The molecule has 1 aliphatic rings. The molecule has 0 radical (unpaired) electrons. The average molecular weight is 421 g/mol. The minimum atomic E-state index is -3.51. The van der Waals surface area contributed by atoms with Gasteiger partial charge in [0.25, 0.3) is 10.0 Å². The lowest BCUT2D eigenvalue weighted by atomic mass is 9.96. The Balaban J connectivity index is 1.77. The van der Waals surface area contributed by atoms with E-state index < -0.39 is 10.0 Å². The number of hydrogen-bond acceptors (Lipinski definition) is 4. The number of benzene rings is 1. The smallest absolute Gasteiger partial charge is 0.252 e. The molecule has 2 atom stereocenters. The fourth-order valence-electron chi connectivity index (χ4n) is 3.59. The van der Waals surface area contributed by atoms with Gasteiger partial charge in [-0.1, -0.05) is 43.3 Å². The third-order valence-corrected chi connectivity index (χ3v) is 8.66. The van der Waals surface area contributed by atoms with Gasteiger partial charge < -0.3 is 4.90 Å². The van der Waals surface area contributed by atoms with Gasteiger partial charge in [-0.05, 0) is 43.2 Å². The highest BCUT2D eigenvalue weighted by Crippen LogP contribution is 2.28. The molecule has 0 N–H and O–H groups in total. The van der Waals surface area contributed by atoms with Crippen LogP contribution >= 0.6 is 11.3 Å². The van der Waals surface area contributed by atoms with Gasteiger partial charge in [0.2, 0.25) is 5.91 Å². The number of carbonyl (C=O) groups excluding carboxylic acids is 1. The number of piperidine rings is 1. The van der Waals surface area contributed by atoms with Crippen LogP contribution in [0.3, 0.4) is 0 Å². The number of amides is 1. The SMILES string of the molecule is CCC(C)N(Cc1ccccc1)C(=O)C1CCCN(S(=O)(=O)c2cccs2)C1. The van der Waals surface area contributed by atoms with Gasteiger partial charge in [0.1, 0.15) is 4.21 Å². The van der Waals surface area contributed by atoms with Crippen molar-refractivity contribution in [2.24, 2.45) is 5.92 Å². The predicted octanol–water partition coefficient (Wildman–Crippen LogP) is 3.98. The molecule has 2 aromatic rings. The van der Waals surface area contributed by atoms with Gasteiger partial charge in [-0.3, -0.25) is 4.79 Å². The maximum absolute atomic E-state index is 13.4. The van der Waals surface area contributed by atoms with E-state index in [4.69, 9.17) is 0 Å². The molecule has 5 nitrogen and oxygen atoms in total. The molecular formula is C21H28N2O3S2. The summed E-state index contributed by atoms with van der Waals surface area (Å²) in [6.45, 7) is 5.43. The maximum Gasteiger partial charge on any atom is 0.252 e. The molecule has 0 spiro atoms. The van der Waals surface area contributed by atoms with Crippen molar-refractivity contribution >= 4 is 27.3 Å². The summed E-state index contributed by atoms with van der Waals surface area (Å²) in [5.41, 5.74) is 1.09. The van der Waals surface area contributed by atoms with E-state index in [-0.39, 0.29) is 24.4 Å². The molecule has 3 rings (SSSR count). The summed E-state index contributed by atoms with van der Waals surface area (Å²) >= 11 is 1.22. The molecule has 1 saturated heterocycles. The Morgan fingerprint density at radius 1 is 1.25 bits per heavy atom. The number of sulfonamides is 1. The van der Waals surface area contributed by atoms with Crippen LogP contribution in [0.4, 0.5) is 0 Å². The van der Waals surface area contributed by atoms with Crippen molar-refractivity contribution in [2.75, 3.05) is 13.1 Å². The van der Waals surface area contributed by atoms with Gasteiger partial charge in [0.05, 0.1) is 5.92 Å². The molecule has 7 heteroatoms. The third-order valence-electron chi connectivity index (χ3n) is 5.42. The Kier molecular flexibility index (Phi) is 6.91. The molecule has 1 aromatic carbocycles. The quantitative estimate of drug-likeness (QED) is 0.681. The van der Waals surface area contributed by atoms with E-state index in [2.05, 4.69) is 13.8 Å². The summed E-state index contributed by atoms with van der Waals surface area (Å²) in [7, 11) is -3.51. The Morgan fingerprint density at radius 2 is 2.00 bits per heavy atom. The van der Waals surface area contributed by atoms with Crippen molar-refractivity contribution in [2.45, 2.75) is 49.9 Å². The summed E-state index contributed by atoms with van der Waals surface area (Å²) in [4.78, 5) is 15.3. The number of thiophene rings is 1. The molecule has 1 amide bonds. The summed E-state index contributed by atoms with van der Waals surface area (Å²) < 4.78 is 27.6. The zero-order valence-electron chi connectivity index (χ0n) is 16.5. The predicted molar refractivity (Wildman–Crippen MR) is 113 cm³/mol. The van der Waals surface area contributed by atoms with Crippen LogP contribution in [0.15, 0.2) is 52.1 Å². The van der Waals surface area contributed by atoms with Crippen molar-refractivity contribution < 1.29 is 13.2 Å². The molecule has 1 aromatic heterocycles. The van der Waals surface area contributed by atoms with E-state index in [0.717, 1.165) is 18.4 Å². The van der Waals surface area contributed by atoms with Crippen molar-refractivity contribution in [1.82, 2.24) is 9.21 Å². The topological polar surface area (TPSA) is 57.7 Å². The molecule has 2 heterocycles. The fraction of sp³-hybridized carbons (Fsp3) is 0.476. The summed E-state index contributed by atoms with van der Waals surface area (Å²) in [6, 6.07) is 13.5. The van der Waals surface area contributed by atoms with Gasteiger partial charge in [-0.2, -0.15) is 4.31 Å². The normalized spacial score (nSPS) is 19.3. The second-order valence-corrected chi connectivity index (χ2v) is 10.5. The van der Waals surface area contributed by atoms with Crippen LogP contribution in [0.2, 0.25) is 0 Å². The molecule has 1 fully saturated rings. The van der Waals surface area contributed by atoms with E-state index in [1.165, 1.54) is 15.6 Å². The second kappa shape index (κ2) is 9.20. The van der Waals surface area contributed by atoms with Crippen molar-refractivity contribution in [3.05, 3.63) is 53.4 Å². The van der Waals surface area contributed by atoms with E-state index in [1.54, 1.807) is 17.5 Å². The lowest BCUT2D eigenvalue weighted by Crippen LogP contribution is -2.48. The first-order valence-corrected chi connectivity index (χ1v) is 12.1. The minimum absolute atomic E-state index is 0.0595. The lowest BCUT2D eigenvalue weighted by Gasteiger charge is -2.36. The van der Waals surface area contributed by atoms with Crippen LogP contribution in [0.25, 0.3) is 0 Å². The highest BCUT2D eigenvalue weighted by atomic mass is 32.2. The first-order valence-electron chi connectivity index (χ1n) is 9.81. The highest BCUT2D eigenvalue weighted by molar-refractivity contribution is 7.91. The Bertz CT molecular complexity index is 866. The Labute approximate surface area is 172 Å². The second-order valence-electron chi connectivity index (χ2n) is 7.34. The number of hydrogen-bond donors (Lipinski definition) is 0. The highest BCUT2D eigenvalue weighted by Gasteiger charge is 2.36. The van der Waals surface area contributed by atoms with Gasteiger partial charge in [0.15, 0.2) is 0 Å². The van der Waals surface area contributed by atoms with Crippen LogP contribution in [0, 0.1) is 5.92 Å². The molecule has 28 heavy (non-hydrogen) atoms. The van der Waals surface area contributed by atoms with Gasteiger partial charge >= 0.3 is 0 Å². The van der Waals surface area contributed by atoms with Gasteiger partial charge in [-0.25, -0.2) is 8.42 Å². The fourth-order valence-corrected chi connectivity index (χ4v) is 6.25. The van der Waals surface area contributed by atoms with Crippen molar-refractivity contribution in [3.8, 4) is 0 Å². The minimum Gasteiger partial charge on any atom is -0.335 e. The Morgan fingerprint density at radius 3 is 2.64 bits per heavy atom. The van der Waals surface area contributed by atoms with E-state index in [1.807, 2.05) is 35.2 Å². The van der Waals surface area contributed by atoms with Crippen molar-refractivity contribution in [3.63, 3.8) is 0 Å². The third kappa shape index (κ3) is 4.64. The average Bonchev–Trinajstić information content (AvgIpc) is 3.27.